The van der Waals surface area contributed by atoms with Gasteiger partial charge in [-0.25, -0.2) is 0 Å². The minimum Gasteiger partial charge on any atom is -0.359 e. The minimum atomic E-state index is -0.149. The fourth-order valence-electron chi connectivity index (χ4n) is 4.35. The molecule has 0 saturated heterocycles. The summed E-state index contributed by atoms with van der Waals surface area (Å²) in [5, 5.41) is 11.7. The molecule has 25 heavy (non-hydrogen) atoms. The van der Waals surface area contributed by atoms with Gasteiger partial charge < -0.3 is 14.0 Å². The third-order valence-electron chi connectivity index (χ3n) is 6.20. The Hall–Kier alpha value is -1.24. The van der Waals surface area contributed by atoms with Crippen LogP contribution in [0.1, 0.15) is 73.4 Å². The number of hydrogen-bond acceptors (Lipinski definition) is 5. The molecule has 2 atom stereocenters. The monoisotopic (exact) mass is 359 g/mol. The Balaban J connectivity index is 1.59. The topological polar surface area (TPSA) is 49.2 Å². The Morgan fingerprint density at radius 2 is 2.12 bits per heavy atom. The highest BCUT2D eigenvalue weighted by molar-refractivity contribution is 7.10. The molecule has 0 spiro atoms. The van der Waals surface area contributed by atoms with Crippen LogP contribution in [0.5, 0.6) is 0 Å². The molecular weight excluding hydrogens is 334 g/mol. The Labute approximate surface area is 152 Å². The highest BCUT2D eigenvalue weighted by Crippen LogP contribution is 2.54. The van der Waals surface area contributed by atoms with E-state index in [4.69, 9.17) is 19.7 Å². The highest BCUT2D eigenvalue weighted by Gasteiger charge is 2.56. The molecule has 3 aliphatic rings. The van der Waals surface area contributed by atoms with Gasteiger partial charge in [0.15, 0.2) is 0 Å². The zero-order valence-corrected chi connectivity index (χ0v) is 15.5. The van der Waals surface area contributed by atoms with Gasteiger partial charge in [0.25, 0.3) is 0 Å². The third kappa shape index (κ3) is 2.41. The van der Waals surface area contributed by atoms with Gasteiger partial charge in [-0.05, 0) is 50.0 Å². The zero-order valence-electron chi connectivity index (χ0n) is 14.7. The summed E-state index contributed by atoms with van der Waals surface area (Å²) in [4.78, 5) is 1.36. The van der Waals surface area contributed by atoms with Gasteiger partial charge in [0.1, 0.15) is 18.4 Å². The van der Waals surface area contributed by atoms with Gasteiger partial charge in [-0.3, -0.25) is 0 Å². The molecular formula is C19H25N3O2S. The quantitative estimate of drug-likeness (QED) is 0.701. The van der Waals surface area contributed by atoms with Crippen molar-refractivity contribution in [1.82, 2.24) is 14.8 Å². The first kappa shape index (κ1) is 16.0. The molecule has 6 heteroatoms. The first-order valence-corrected chi connectivity index (χ1v) is 10.3. The lowest BCUT2D eigenvalue weighted by Crippen LogP contribution is -2.52. The number of aromatic nitrogens is 3. The molecule has 0 radical (unpaired) electrons. The lowest BCUT2D eigenvalue weighted by molar-refractivity contribution is -0.128. The zero-order chi connectivity index (χ0) is 16.9. The van der Waals surface area contributed by atoms with Crippen molar-refractivity contribution in [2.24, 2.45) is 0 Å². The number of ether oxygens (including phenoxy) is 2. The Morgan fingerprint density at radius 3 is 2.68 bits per heavy atom. The van der Waals surface area contributed by atoms with Crippen molar-refractivity contribution in [2.45, 2.75) is 68.4 Å². The summed E-state index contributed by atoms with van der Waals surface area (Å²) in [6.45, 7) is 0.338. The van der Waals surface area contributed by atoms with Crippen molar-refractivity contribution >= 4 is 11.3 Å². The number of thiophene rings is 1. The Bertz CT molecular complexity index is 736. The predicted octanol–water partition coefficient (Wildman–Crippen LogP) is 4.01. The van der Waals surface area contributed by atoms with Crippen LogP contribution in [-0.2, 0) is 14.9 Å². The lowest BCUT2D eigenvalue weighted by atomic mass is 9.64. The smallest absolute Gasteiger partial charge is 0.147 e. The van der Waals surface area contributed by atoms with E-state index in [1.807, 2.05) is 11.3 Å². The van der Waals surface area contributed by atoms with E-state index in [-0.39, 0.29) is 11.5 Å². The summed E-state index contributed by atoms with van der Waals surface area (Å²) in [5.41, 5.74) is -0.149. The van der Waals surface area contributed by atoms with E-state index < -0.39 is 0 Å². The summed E-state index contributed by atoms with van der Waals surface area (Å²) in [6.07, 6.45) is 8.63. The van der Waals surface area contributed by atoms with E-state index in [1.165, 1.54) is 42.8 Å². The molecule has 5 rings (SSSR count). The van der Waals surface area contributed by atoms with Crippen molar-refractivity contribution < 1.29 is 9.47 Å². The molecule has 3 saturated carbocycles. The van der Waals surface area contributed by atoms with Crippen LogP contribution in [0.4, 0.5) is 0 Å². The van der Waals surface area contributed by atoms with Gasteiger partial charge in [0.2, 0.25) is 0 Å². The molecule has 0 bridgehead atoms. The average Bonchev–Trinajstić information content (AvgIpc) is 3.07. The van der Waals surface area contributed by atoms with Crippen LogP contribution >= 0.6 is 11.3 Å². The summed E-state index contributed by atoms with van der Waals surface area (Å²) in [7, 11) is 1.69. The maximum Gasteiger partial charge on any atom is 0.147 e. The van der Waals surface area contributed by atoms with Crippen LogP contribution < -0.4 is 0 Å². The van der Waals surface area contributed by atoms with Gasteiger partial charge in [-0.1, -0.05) is 12.5 Å². The summed E-state index contributed by atoms with van der Waals surface area (Å²) >= 11 is 1.81. The Morgan fingerprint density at radius 1 is 1.24 bits per heavy atom. The molecule has 2 heterocycles. The van der Waals surface area contributed by atoms with E-state index in [1.54, 1.807) is 7.11 Å². The van der Waals surface area contributed by atoms with Crippen LogP contribution in [0.15, 0.2) is 17.5 Å². The fraction of sp³-hybridized carbons (Fsp3) is 0.684. The molecule has 0 unspecified atom stereocenters. The minimum absolute atomic E-state index is 0.127. The van der Waals surface area contributed by atoms with Gasteiger partial charge in [0.05, 0.1) is 11.5 Å². The lowest BCUT2D eigenvalue weighted by Gasteiger charge is -2.47. The maximum atomic E-state index is 6.09. The second-order valence-electron chi connectivity index (χ2n) is 7.66. The third-order valence-corrected chi connectivity index (χ3v) is 7.25. The molecule has 0 amide bonds. The van der Waals surface area contributed by atoms with Crippen molar-refractivity contribution in [1.29, 1.82) is 0 Å². The molecule has 2 aromatic rings. The highest BCUT2D eigenvalue weighted by atomic mass is 32.1. The molecule has 0 N–H and O–H groups in total. The fourth-order valence-corrected chi connectivity index (χ4v) is 5.35. The van der Waals surface area contributed by atoms with Gasteiger partial charge in [-0.2, -0.15) is 0 Å². The van der Waals surface area contributed by atoms with E-state index >= 15 is 0 Å². The van der Waals surface area contributed by atoms with Crippen LogP contribution in [0.25, 0.3) is 0 Å². The second kappa shape index (κ2) is 6.18. The number of hydrogen-bond donors (Lipinski definition) is 0. The van der Waals surface area contributed by atoms with E-state index in [9.17, 15) is 0 Å². The molecule has 134 valence electrons. The maximum absolute atomic E-state index is 6.09. The van der Waals surface area contributed by atoms with E-state index in [0.717, 1.165) is 18.7 Å². The van der Waals surface area contributed by atoms with Crippen molar-refractivity contribution in [3.63, 3.8) is 0 Å². The van der Waals surface area contributed by atoms with Gasteiger partial charge in [-0.15, -0.1) is 21.5 Å². The predicted molar refractivity (Wildman–Crippen MR) is 96.0 cm³/mol. The standard InChI is InChI=1S/C19H25N3O2S/c1-23-12-24-15-9-10-19(15,16-6-3-11-25-16)18-21-20-17(13-4-2-5-13)22(18)14-7-8-14/h3,6,11,13-15H,2,4-5,7-10,12H2,1H3/t15-,19-/m1/s1. The van der Waals surface area contributed by atoms with Crippen LogP contribution in [0.3, 0.4) is 0 Å². The van der Waals surface area contributed by atoms with Gasteiger partial charge in [0, 0.05) is 23.9 Å². The normalized spacial score (nSPS) is 29.4. The van der Waals surface area contributed by atoms with Crippen LogP contribution in [-0.4, -0.2) is 34.8 Å². The van der Waals surface area contributed by atoms with Crippen LogP contribution in [0, 0.1) is 0 Å². The summed E-state index contributed by atoms with van der Waals surface area (Å²) in [5.74, 6) is 2.99. The number of rotatable bonds is 7. The SMILES string of the molecule is COCO[C@@H]1CC[C@@]1(c1cccs1)c1nnc(C2CCC2)n1C1CC1. The van der Waals surface area contributed by atoms with Crippen molar-refractivity contribution in [2.75, 3.05) is 13.9 Å². The molecule has 3 fully saturated rings. The summed E-state index contributed by atoms with van der Waals surface area (Å²) in [6, 6.07) is 4.97. The average molecular weight is 359 g/mol. The largest absolute Gasteiger partial charge is 0.359 e. The van der Waals surface area contributed by atoms with Crippen molar-refractivity contribution in [3.8, 4) is 0 Å². The van der Waals surface area contributed by atoms with E-state index in [0.29, 0.717) is 18.8 Å². The molecule has 0 aliphatic heterocycles. The first-order chi connectivity index (χ1) is 12.3. The molecule has 3 aliphatic carbocycles. The number of nitrogens with zero attached hydrogens (tertiary/aromatic N) is 3. The van der Waals surface area contributed by atoms with E-state index in [2.05, 4.69) is 22.1 Å². The first-order valence-electron chi connectivity index (χ1n) is 9.44. The van der Waals surface area contributed by atoms with Crippen LogP contribution in [0.2, 0.25) is 0 Å². The Kier molecular flexibility index (Phi) is 3.95. The summed E-state index contributed by atoms with van der Waals surface area (Å²) < 4.78 is 13.8. The molecule has 2 aromatic heterocycles. The van der Waals surface area contributed by atoms with Crippen molar-refractivity contribution in [3.05, 3.63) is 34.0 Å². The molecule has 5 nitrogen and oxygen atoms in total. The second-order valence-corrected chi connectivity index (χ2v) is 8.61. The number of methoxy groups -OCH3 is 1. The van der Waals surface area contributed by atoms with Gasteiger partial charge >= 0.3 is 0 Å². The molecule has 0 aromatic carbocycles.